The van der Waals surface area contributed by atoms with E-state index in [4.69, 9.17) is 11.6 Å². The van der Waals surface area contributed by atoms with Gasteiger partial charge in [-0.25, -0.2) is 4.98 Å². The van der Waals surface area contributed by atoms with Gasteiger partial charge in [0, 0.05) is 16.9 Å². The minimum absolute atomic E-state index is 0.444. The predicted molar refractivity (Wildman–Crippen MR) is 67.4 cm³/mol. The number of imidazole rings is 1. The first-order chi connectivity index (χ1) is 7.58. The highest BCUT2D eigenvalue weighted by molar-refractivity contribution is 6.30. The van der Waals surface area contributed by atoms with Gasteiger partial charge in [-0.1, -0.05) is 31.5 Å². The lowest BCUT2D eigenvalue weighted by Crippen LogP contribution is -1.94. The molecule has 0 saturated heterocycles. The average Bonchev–Trinajstić information content (AvgIpc) is 2.60. The summed E-state index contributed by atoms with van der Waals surface area (Å²) < 4.78 is 2.07. The van der Waals surface area contributed by atoms with Crippen LogP contribution < -0.4 is 0 Å². The summed E-state index contributed by atoms with van der Waals surface area (Å²) in [5.74, 6) is 1.44. The first kappa shape index (κ1) is 11.2. The smallest absolute Gasteiger partial charge is 0.110 e. The van der Waals surface area contributed by atoms with E-state index >= 15 is 0 Å². The van der Waals surface area contributed by atoms with Crippen molar-refractivity contribution in [3.8, 4) is 5.69 Å². The zero-order valence-corrected chi connectivity index (χ0v) is 10.5. The Balaban J connectivity index is 2.48. The summed E-state index contributed by atoms with van der Waals surface area (Å²) in [6, 6.07) is 7.80. The highest BCUT2D eigenvalue weighted by Gasteiger charge is 2.08. The Morgan fingerprint density at radius 3 is 2.62 bits per heavy atom. The van der Waals surface area contributed by atoms with E-state index in [0.29, 0.717) is 5.92 Å². The normalized spacial score (nSPS) is 11.1. The van der Waals surface area contributed by atoms with Gasteiger partial charge in [-0.05, 0) is 31.0 Å². The fourth-order valence-electron chi connectivity index (χ4n) is 1.66. The highest BCUT2D eigenvalue weighted by atomic mass is 35.5. The Kier molecular flexibility index (Phi) is 3.01. The second kappa shape index (κ2) is 4.30. The first-order valence-electron chi connectivity index (χ1n) is 5.40. The summed E-state index contributed by atoms with van der Waals surface area (Å²) in [5.41, 5.74) is 2.17. The molecule has 1 aromatic heterocycles. The van der Waals surface area contributed by atoms with E-state index in [-0.39, 0.29) is 0 Å². The van der Waals surface area contributed by atoms with Crippen LogP contribution in [0.4, 0.5) is 0 Å². The Morgan fingerprint density at radius 2 is 2.06 bits per heavy atom. The number of halogens is 1. The third-order valence-electron chi connectivity index (χ3n) is 2.58. The molecule has 1 aromatic carbocycles. The molecule has 3 heteroatoms. The van der Waals surface area contributed by atoms with Crippen molar-refractivity contribution in [1.82, 2.24) is 9.55 Å². The van der Waals surface area contributed by atoms with Gasteiger partial charge in [-0.15, -0.1) is 0 Å². The van der Waals surface area contributed by atoms with Crippen molar-refractivity contribution in [3.05, 3.63) is 47.0 Å². The third kappa shape index (κ3) is 2.12. The quantitative estimate of drug-likeness (QED) is 0.769. The van der Waals surface area contributed by atoms with Crippen LogP contribution in [0.25, 0.3) is 5.69 Å². The molecule has 84 valence electrons. The van der Waals surface area contributed by atoms with E-state index in [1.54, 1.807) is 0 Å². The summed E-state index contributed by atoms with van der Waals surface area (Å²) in [5, 5.41) is 0.747. The van der Waals surface area contributed by atoms with E-state index < -0.39 is 0 Å². The second-order valence-electron chi connectivity index (χ2n) is 4.22. The molecule has 0 radical (unpaired) electrons. The largest absolute Gasteiger partial charge is 0.304 e. The summed E-state index contributed by atoms with van der Waals surface area (Å²) in [6.45, 7) is 6.29. The third-order valence-corrected chi connectivity index (χ3v) is 2.81. The number of benzene rings is 1. The molecular formula is C13H15ClN2. The molecule has 0 bridgehead atoms. The SMILES string of the molecule is Cc1nc(C(C)C)cn1-c1cccc(Cl)c1. The lowest BCUT2D eigenvalue weighted by atomic mass is 10.2. The van der Waals surface area contributed by atoms with Crippen LogP contribution in [0.1, 0.15) is 31.3 Å². The number of rotatable bonds is 2. The van der Waals surface area contributed by atoms with Crippen LogP contribution in [0.2, 0.25) is 5.02 Å². The van der Waals surface area contributed by atoms with Gasteiger partial charge in [0.1, 0.15) is 5.82 Å². The van der Waals surface area contributed by atoms with Gasteiger partial charge in [0.2, 0.25) is 0 Å². The van der Waals surface area contributed by atoms with Crippen LogP contribution in [0.3, 0.4) is 0 Å². The molecule has 0 amide bonds. The van der Waals surface area contributed by atoms with E-state index in [0.717, 1.165) is 22.2 Å². The fraction of sp³-hybridized carbons (Fsp3) is 0.308. The molecule has 0 aliphatic carbocycles. The topological polar surface area (TPSA) is 17.8 Å². The van der Waals surface area contributed by atoms with Crippen molar-refractivity contribution in [2.75, 3.05) is 0 Å². The molecule has 0 spiro atoms. The van der Waals surface area contributed by atoms with Gasteiger partial charge in [0.05, 0.1) is 5.69 Å². The molecular weight excluding hydrogens is 220 g/mol. The van der Waals surface area contributed by atoms with Crippen LogP contribution in [-0.2, 0) is 0 Å². The molecule has 0 unspecified atom stereocenters. The van der Waals surface area contributed by atoms with Crippen LogP contribution in [0, 0.1) is 6.92 Å². The van der Waals surface area contributed by atoms with E-state index in [1.165, 1.54) is 0 Å². The zero-order chi connectivity index (χ0) is 11.7. The average molecular weight is 235 g/mol. The molecule has 2 rings (SSSR count). The Morgan fingerprint density at radius 1 is 1.31 bits per heavy atom. The number of aryl methyl sites for hydroxylation is 1. The zero-order valence-electron chi connectivity index (χ0n) is 9.74. The summed E-state index contributed by atoms with van der Waals surface area (Å²) >= 11 is 5.98. The maximum atomic E-state index is 5.98. The predicted octanol–water partition coefficient (Wildman–Crippen LogP) is 3.96. The van der Waals surface area contributed by atoms with Crippen molar-refractivity contribution >= 4 is 11.6 Å². The van der Waals surface area contributed by atoms with Gasteiger partial charge in [-0.3, -0.25) is 0 Å². The molecule has 0 aliphatic rings. The maximum absolute atomic E-state index is 5.98. The highest BCUT2D eigenvalue weighted by Crippen LogP contribution is 2.20. The minimum Gasteiger partial charge on any atom is -0.304 e. The van der Waals surface area contributed by atoms with Crippen LogP contribution in [0.15, 0.2) is 30.5 Å². The summed E-state index contributed by atoms with van der Waals surface area (Å²) in [7, 11) is 0. The molecule has 0 atom stereocenters. The van der Waals surface area contributed by atoms with Crippen molar-refractivity contribution in [3.63, 3.8) is 0 Å². The van der Waals surface area contributed by atoms with Gasteiger partial charge in [0.25, 0.3) is 0 Å². The Hall–Kier alpha value is -1.28. The fourth-order valence-corrected chi connectivity index (χ4v) is 1.85. The minimum atomic E-state index is 0.444. The molecule has 16 heavy (non-hydrogen) atoms. The van der Waals surface area contributed by atoms with Gasteiger partial charge >= 0.3 is 0 Å². The molecule has 0 N–H and O–H groups in total. The van der Waals surface area contributed by atoms with Gasteiger partial charge in [0.15, 0.2) is 0 Å². The second-order valence-corrected chi connectivity index (χ2v) is 4.65. The van der Waals surface area contributed by atoms with E-state index in [2.05, 4.69) is 29.6 Å². The molecule has 0 aliphatic heterocycles. The maximum Gasteiger partial charge on any atom is 0.110 e. The molecule has 0 saturated carbocycles. The number of nitrogens with zero attached hydrogens (tertiary/aromatic N) is 2. The molecule has 2 aromatic rings. The summed E-state index contributed by atoms with van der Waals surface area (Å²) in [6.07, 6.45) is 2.08. The monoisotopic (exact) mass is 234 g/mol. The van der Waals surface area contributed by atoms with E-state index in [9.17, 15) is 0 Å². The van der Waals surface area contributed by atoms with Gasteiger partial charge < -0.3 is 4.57 Å². The van der Waals surface area contributed by atoms with Crippen molar-refractivity contribution < 1.29 is 0 Å². The van der Waals surface area contributed by atoms with Crippen LogP contribution in [0.5, 0.6) is 0 Å². The Bertz CT molecular complexity index is 500. The molecule has 0 fully saturated rings. The number of hydrogen-bond acceptors (Lipinski definition) is 1. The van der Waals surface area contributed by atoms with Crippen LogP contribution >= 0.6 is 11.6 Å². The molecule has 1 heterocycles. The lowest BCUT2D eigenvalue weighted by molar-refractivity contribution is 0.828. The standard InChI is InChI=1S/C13H15ClN2/c1-9(2)13-8-16(10(3)15-13)12-6-4-5-11(14)7-12/h4-9H,1-3H3. The van der Waals surface area contributed by atoms with Crippen molar-refractivity contribution in [1.29, 1.82) is 0 Å². The van der Waals surface area contributed by atoms with Crippen LogP contribution in [-0.4, -0.2) is 9.55 Å². The van der Waals surface area contributed by atoms with E-state index in [1.807, 2.05) is 31.2 Å². The first-order valence-corrected chi connectivity index (χ1v) is 5.77. The Labute approximate surface area is 101 Å². The van der Waals surface area contributed by atoms with Crippen molar-refractivity contribution in [2.24, 2.45) is 0 Å². The summed E-state index contributed by atoms with van der Waals surface area (Å²) in [4.78, 5) is 4.54. The van der Waals surface area contributed by atoms with Gasteiger partial charge in [-0.2, -0.15) is 0 Å². The lowest BCUT2D eigenvalue weighted by Gasteiger charge is -2.04. The number of hydrogen-bond donors (Lipinski definition) is 0. The number of aromatic nitrogens is 2. The molecule has 2 nitrogen and oxygen atoms in total. The van der Waals surface area contributed by atoms with Crippen molar-refractivity contribution in [2.45, 2.75) is 26.7 Å².